The number of pyridine rings is 1. The van der Waals surface area contributed by atoms with E-state index in [0.29, 0.717) is 61.9 Å². The smallest absolute Gasteiger partial charge is 0.240 e. The molecule has 0 unspecified atom stereocenters. The lowest BCUT2D eigenvalue weighted by molar-refractivity contribution is -0.142. The van der Waals surface area contributed by atoms with E-state index in [0.717, 1.165) is 60.7 Å². The predicted molar refractivity (Wildman–Crippen MR) is 199 cm³/mol. The van der Waals surface area contributed by atoms with Crippen molar-refractivity contribution in [2.75, 3.05) is 6.54 Å². The predicted octanol–water partition coefficient (Wildman–Crippen LogP) is 5.81. The molecule has 1 spiro atoms. The number of allylic oxidation sites excluding steroid dienone is 2. The summed E-state index contributed by atoms with van der Waals surface area (Å²) < 4.78 is 40.5. The van der Waals surface area contributed by atoms with E-state index in [-0.39, 0.29) is 43.4 Å². The van der Waals surface area contributed by atoms with Crippen molar-refractivity contribution in [1.29, 1.82) is 0 Å². The normalized spacial score (nSPS) is 31.4. The first kappa shape index (κ1) is 35.6. The first-order chi connectivity index (χ1) is 25.9. The fourth-order valence-corrected chi connectivity index (χ4v) is 10.5. The number of sulfonamides is 1. The second-order valence-electron chi connectivity index (χ2n) is 17.3. The number of ketones is 1. The molecule has 13 heteroatoms. The van der Waals surface area contributed by atoms with Crippen LogP contribution in [0.4, 0.5) is 0 Å². The minimum absolute atomic E-state index is 0.151. The number of benzene rings is 1. The summed E-state index contributed by atoms with van der Waals surface area (Å²) in [6.45, 7) is 3.80. The molecule has 1 saturated heterocycles. The molecule has 5 heterocycles. The fraction of sp³-hybridized carbons (Fsp3) is 0.610. The van der Waals surface area contributed by atoms with Crippen LogP contribution in [0.15, 0.2) is 40.9 Å². The number of hydrogen-bond donors (Lipinski definition) is 1. The Balaban J connectivity index is 1.06. The van der Waals surface area contributed by atoms with E-state index >= 15 is 0 Å². The number of nitrogens with zero attached hydrogens (tertiary/aromatic N) is 4. The van der Waals surface area contributed by atoms with Crippen molar-refractivity contribution in [1.82, 2.24) is 24.7 Å². The number of nitrogens with one attached hydrogen (secondary N) is 1. The summed E-state index contributed by atoms with van der Waals surface area (Å²) in [6, 6.07) is 7.17. The standard InChI is InChI=1S/C41H49N5O7S/c1-25-35-30(29-12-8-9-13-31(29)42-25)16-17-40(52-35)22-32-33(47)23-41(38(49)45-54(50,51)39(2)18-19-39)21-28(41)11-7-5-3-4-6-10-27(37(48)46(32)24-40)20-34-43-36(44-53-34)26-14-15-26/h7-9,11-13,26-28,32H,3-6,10,14-24H2,1-2H3,(H,45,49)/b11-7-/t27-,28-,32+,40-,41-/m1/s1. The number of carbonyl (C=O) groups is 3. The van der Waals surface area contributed by atoms with Crippen LogP contribution in [-0.4, -0.2) is 69.0 Å². The van der Waals surface area contributed by atoms with Crippen LogP contribution in [0.25, 0.3) is 10.9 Å². The van der Waals surface area contributed by atoms with Crippen molar-refractivity contribution in [2.24, 2.45) is 17.3 Å². The van der Waals surface area contributed by atoms with Gasteiger partial charge in [0.2, 0.25) is 27.7 Å². The Bertz CT molecular complexity index is 2170. The van der Waals surface area contributed by atoms with E-state index in [9.17, 15) is 22.8 Å². The highest BCUT2D eigenvalue weighted by atomic mass is 32.2. The van der Waals surface area contributed by atoms with Gasteiger partial charge in [0, 0.05) is 42.0 Å². The van der Waals surface area contributed by atoms with Gasteiger partial charge in [-0.1, -0.05) is 48.3 Å². The Labute approximate surface area is 315 Å². The molecule has 5 atom stereocenters. The molecule has 12 nitrogen and oxygen atoms in total. The van der Waals surface area contributed by atoms with Crippen LogP contribution in [-0.2, 0) is 37.2 Å². The molecular weight excluding hydrogens is 707 g/mol. The van der Waals surface area contributed by atoms with E-state index in [2.05, 4.69) is 27.0 Å². The number of ether oxygens (including phenoxy) is 1. The van der Waals surface area contributed by atoms with Crippen LogP contribution in [0, 0.1) is 24.2 Å². The zero-order valence-electron chi connectivity index (χ0n) is 31.1. The molecule has 3 aliphatic carbocycles. The molecule has 3 aromatic rings. The van der Waals surface area contributed by atoms with E-state index in [1.807, 2.05) is 31.2 Å². The monoisotopic (exact) mass is 755 g/mol. The quantitative estimate of drug-likeness (QED) is 0.304. The van der Waals surface area contributed by atoms with Gasteiger partial charge < -0.3 is 14.2 Å². The number of carbonyl (C=O) groups excluding carboxylic acids is 3. The zero-order valence-corrected chi connectivity index (χ0v) is 32.0. The molecule has 54 heavy (non-hydrogen) atoms. The van der Waals surface area contributed by atoms with E-state index in [4.69, 9.17) is 14.2 Å². The SMILES string of the molecule is Cc1nc2ccccc2c2c1O[C@]1(CC2)C[C@H]2C(=O)C[C@]3(C(=O)NS(=O)(=O)C4(C)CC4)C[C@H]3/C=C\CCCCC[C@H](Cc3nc(C4CC4)no3)C(=O)N2C1. The van der Waals surface area contributed by atoms with Crippen LogP contribution >= 0.6 is 0 Å². The van der Waals surface area contributed by atoms with E-state index < -0.39 is 43.7 Å². The molecule has 6 aliphatic rings. The second kappa shape index (κ2) is 13.0. The van der Waals surface area contributed by atoms with Crippen molar-refractivity contribution in [3.8, 4) is 5.75 Å². The molecule has 3 aliphatic heterocycles. The van der Waals surface area contributed by atoms with E-state index in [1.165, 1.54) is 0 Å². The summed E-state index contributed by atoms with van der Waals surface area (Å²) in [4.78, 5) is 55.0. The Hall–Kier alpha value is -4.13. The van der Waals surface area contributed by atoms with Crippen molar-refractivity contribution in [3.05, 3.63) is 59.4 Å². The van der Waals surface area contributed by atoms with Gasteiger partial charge >= 0.3 is 0 Å². The Morgan fingerprint density at radius 3 is 2.65 bits per heavy atom. The first-order valence-electron chi connectivity index (χ1n) is 19.9. The number of aromatic nitrogens is 3. The summed E-state index contributed by atoms with van der Waals surface area (Å²) >= 11 is 0. The topological polar surface area (TPSA) is 162 Å². The lowest BCUT2D eigenvalue weighted by Gasteiger charge is -2.36. The third-order valence-electron chi connectivity index (χ3n) is 13.2. The van der Waals surface area contributed by atoms with Crippen molar-refractivity contribution < 1.29 is 32.1 Å². The first-order valence-corrected chi connectivity index (χ1v) is 21.3. The minimum atomic E-state index is -3.91. The maximum atomic E-state index is 14.9. The number of amides is 2. The Kier molecular flexibility index (Phi) is 8.55. The number of aryl methyl sites for hydroxylation is 2. The van der Waals surface area contributed by atoms with Gasteiger partial charge in [0.1, 0.15) is 11.4 Å². The number of hydrogen-bond acceptors (Lipinski definition) is 10. The van der Waals surface area contributed by atoms with Gasteiger partial charge in [0.25, 0.3) is 0 Å². The fourth-order valence-electron chi connectivity index (χ4n) is 9.18. The molecule has 4 fully saturated rings. The van der Waals surface area contributed by atoms with Gasteiger partial charge in [-0.15, -0.1) is 0 Å². The van der Waals surface area contributed by atoms with Crippen molar-refractivity contribution >= 4 is 38.5 Å². The van der Waals surface area contributed by atoms with Crippen molar-refractivity contribution in [2.45, 2.75) is 132 Å². The number of fused-ring (bicyclic) bond motifs is 5. The van der Waals surface area contributed by atoms with Gasteiger partial charge in [0.15, 0.2) is 11.6 Å². The van der Waals surface area contributed by atoms with Gasteiger partial charge in [-0.3, -0.25) is 19.1 Å². The maximum absolute atomic E-state index is 14.9. The van der Waals surface area contributed by atoms with Gasteiger partial charge in [-0.2, -0.15) is 4.98 Å². The lowest BCUT2D eigenvalue weighted by Crippen LogP contribution is -2.48. The molecule has 2 amide bonds. The van der Waals surface area contributed by atoms with Crippen LogP contribution in [0.5, 0.6) is 5.75 Å². The van der Waals surface area contributed by atoms with Crippen LogP contribution in [0.2, 0.25) is 0 Å². The Morgan fingerprint density at radius 1 is 1.04 bits per heavy atom. The molecule has 286 valence electrons. The minimum Gasteiger partial charge on any atom is -0.483 e. The number of Topliss-reactive ketones (excluding diaryl/α,β-unsaturated/α-hetero) is 1. The molecule has 1 N–H and O–H groups in total. The van der Waals surface area contributed by atoms with Gasteiger partial charge in [0.05, 0.1) is 34.0 Å². The summed E-state index contributed by atoms with van der Waals surface area (Å²) in [7, 11) is -3.91. The molecular formula is C41H49N5O7S. The highest BCUT2D eigenvalue weighted by Crippen LogP contribution is 2.58. The highest BCUT2D eigenvalue weighted by molar-refractivity contribution is 7.91. The molecule has 0 bridgehead atoms. The molecule has 3 saturated carbocycles. The summed E-state index contributed by atoms with van der Waals surface area (Å²) in [5.74, 6) is 0.395. The molecule has 9 rings (SSSR count). The maximum Gasteiger partial charge on any atom is 0.240 e. The number of para-hydroxylation sites is 1. The average Bonchev–Trinajstić information content (AvgIpc) is 4.11. The third kappa shape index (κ3) is 6.33. The molecule has 2 aromatic heterocycles. The lowest BCUT2D eigenvalue weighted by atomic mass is 9.85. The van der Waals surface area contributed by atoms with Gasteiger partial charge in [-0.25, -0.2) is 13.4 Å². The van der Waals surface area contributed by atoms with Crippen molar-refractivity contribution in [3.63, 3.8) is 0 Å². The van der Waals surface area contributed by atoms with Crippen LogP contribution in [0.1, 0.15) is 119 Å². The van der Waals surface area contributed by atoms with E-state index in [1.54, 1.807) is 11.8 Å². The zero-order chi connectivity index (χ0) is 37.5. The van der Waals surface area contributed by atoms with Gasteiger partial charge in [-0.05, 0) is 90.0 Å². The second-order valence-corrected chi connectivity index (χ2v) is 19.5. The van der Waals surface area contributed by atoms with Crippen LogP contribution in [0.3, 0.4) is 0 Å². The molecule has 1 aromatic carbocycles. The largest absolute Gasteiger partial charge is 0.483 e. The number of rotatable bonds is 6. The summed E-state index contributed by atoms with van der Waals surface area (Å²) in [6.07, 6.45) is 13.2. The summed E-state index contributed by atoms with van der Waals surface area (Å²) in [5.41, 5.74) is 0.721. The highest BCUT2D eigenvalue weighted by Gasteiger charge is 2.63. The third-order valence-corrected chi connectivity index (χ3v) is 15.4. The average molecular weight is 756 g/mol. The van der Waals surface area contributed by atoms with Crippen LogP contribution < -0.4 is 9.46 Å². The molecule has 0 radical (unpaired) electrons. The summed E-state index contributed by atoms with van der Waals surface area (Å²) in [5, 5.41) is 5.24. The Morgan fingerprint density at radius 2 is 1.85 bits per heavy atom.